The fourth-order valence-electron chi connectivity index (χ4n) is 6.30. The molecule has 0 aromatic carbocycles. The third-order valence-corrected chi connectivity index (χ3v) is 7.59. The smallest absolute Gasteiger partial charge is 0.137 e. The van der Waals surface area contributed by atoms with Crippen molar-refractivity contribution in [2.24, 2.45) is 23.2 Å². The summed E-state index contributed by atoms with van der Waals surface area (Å²) in [5.41, 5.74) is 2.08. The standard InChI is InChI=1S/C20H26O2/c1-3-20(22)11-9-18-17-6-4-13-12-14(21)5-7-15(13)16(17)8-10-19(18,20)2/h1,16-18,22H,4-12H2,2H3/t16-,17+,18+,19+,20+/m1/s1. The fraction of sp³-hybridized carbons (Fsp3) is 0.750. The van der Waals surface area contributed by atoms with Crippen molar-refractivity contribution < 1.29 is 9.90 Å². The molecule has 2 fully saturated rings. The molecule has 0 aromatic rings. The van der Waals surface area contributed by atoms with Gasteiger partial charge in [0.05, 0.1) is 0 Å². The molecule has 4 rings (SSSR count). The Morgan fingerprint density at radius 1 is 1.18 bits per heavy atom. The summed E-state index contributed by atoms with van der Waals surface area (Å²) in [7, 11) is 0. The van der Waals surface area contributed by atoms with Crippen molar-refractivity contribution in [1.29, 1.82) is 0 Å². The molecule has 118 valence electrons. The second-order valence-electron chi connectivity index (χ2n) is 8.26. The minimum absolute atomic E-state index is 0.106. The van der Waals surface area contributed by atoms with Crippen molar-refractivity contribution in [1.82, 2.24) is 0 Å². The summed E-state index contributed by atoms with van der Waals surface area (Å²) in [5, 5.41) is 10.9. The van der Waals surface area contributed by atoms with Gasteiger partial charge in [-0.1, -0.05) is 24.0 Å². The average molecular weight is 298 g/mol. The van der Waals surface area contributed by atoms with Crippen LogP contribution < -0.4 is 0 Å². The minimum atomic E-state index is -0.903. The molecule has 2 heteroatoms. The molecule has 4 aliphatic rings. The van der Waals surface area contributed by atoms with Crippen LogP contribution in [0.4, 0.5) is 0 Å². The topological polar surface area (TPSA) is 37.3 Å². The van der Waals surface area contributed by atoms with Crippen LogP contribution in [-0.4, -0.2) is 16.5 Å². The maximum absolute atomic E-state index is 11.7. The van der Waals surface area contributed by atoms with E-state index >= 15 is 0 Å². The first-order valence-corrected chi connectivity index (χ1v) is 8.91. The highest BCUT2D eigenvalue weighted by Crippen LogP contribution is 2.64. The number of aliphatic hydroxyl groups is 1. The lowest BCUT2D eigenvalue weighted by Crippen LogP contribution is -2.50. The molecule has 0 spiro atoms. The summed E-state index contributed by atoms with van der Waals surface area (Å²) in [6.45, 7) is 2.23. The molecular formula is C20H26O2. The lowest BCUT2D eigenvalue weighted by atomic mass is 9.52. The highest BCUT2D eigenvalue weighted by molar-refractivity contribution is 5.82. The minimum Gasteiger partial charge on any atom is -0.377 e. The predicted molar refractivity (Wildman–Crippen MR) is 85.9 cm³/mol. The van der Waals surface area contributed by atoms with E-state index in [1.165, 1.54) is 12.0 Å². The van der Waals surface area contributed by atoms with E-state index in [2.05, 4.69) is 12.8 Å². The second-order valence-corrected chi connectivity index (χ2v) is 8.26. The monoisotopic (exact) mass is 298 g/mol. The van der Waals surface area contributed by atoms with Gasteiger partial charge in [-0.25, -0.2) is 0 Å². The van der Waals surface area contributed by atoms with Crippen LogP contribution in [0.15, 0.2) is 11.1 Å². The van der Waals surface area contributed by atoms with Crippen molar-refractivity contribution in [2.45, 2.75) is 70.3 Å². The number of carbonyl (C=O) groups excluding carboxylic acids is 1. The van der Waals surface area contributed by atoms with E-state index in [9.17, 15) is 9.90 Å². The zero-order valence-electron chi connectivity index (χ0n) is 13.5. The number of terminal acetylenes is 1. The number of fused-ring (bicyclic) bond motifs is 4. The maximum Gasteiger partial charge on any atom is 0.137 e. The van der Waals surface area contributed by atoms with Crippen LogP contribution in [0.5, 0.6) is 0 Å². The van der Waals surface area contributed by atoms with Crippen molar-refractivity contribution in [3.63, 3.8) is 0 Å². The highest BCUT2D eigenvalue weighted by atomic mass is 16.3. The average Bonchev–Trinajstić information content (AvgIpc) is 2.79. The fourth-order valence-corrected chi connectivity index (χ4v) is 6.30. The zero-order valence-corrected chi connectivity index (χ0v) is 13.5. The summed E-state index contributed by atoms with van der Waals surface area (Å²) in [6.07, 6.45) is 14.5. The van der Waals surface area contributed by atoms with E-state index in [0.717, 1.165) is 51.4 Å². The first-order chi connectivity index (χ1) is 10.5. The number of rotatable bonds is 0. The molecule has 0 radical (unpaired) electrons. The number of Topliss-reactive ketones (excluding diaryl/α,β-unsaturated/α-hetero) is 1. The van der Waals surface area contributed by atoms with Gasteiger partial charge in [0, 0.05) is 18.3 Å². The Labute approximate surface area is 133 Å². The number of ketones is 1. The lowest BCUT2D eigenvalue weighted by Gasteiger charge is -2.53. The van der Waals surface area contributed by atoms with E-state index in [-0.39, 0.29) is 5.41 Å². The van der Waals surface area contributed by atoms with E-state index < -0.39 is 5.60 Å². The van der Waals surface area contributed by atoms with Crippen molar-refractivity contribution in [3.05, 3.63) is 11.1 Å². The van der Waals surface area contributed by atoms with Crippen molar-refractivity contribution in [2.75, 3.05) is 0 Å². The van der Waals surface area contributed by atoms with Crippen LogP contribution in [-0.2, 0) is 4.79 Å². The Hall–Kier alpha value is -1.07. The van der Waals surface area contributed by atoms with Gasteiger partial charge in [0.1, 0.15) is 11.4 Å². The summed E-state index contributed by atoms with van der Waals surface area (Å²) in [6, 6.07) is 0. The SMILES string of the molecule is C#C[C@]1(O)CC[C@H]2[C@H]3CCC4=C(CCC(=O)C4)[C@H]3CC[C@@]21C. The largest absolute Gasteiger partial charge is 0.377 e. The quantitative estimate of drug-likeness (QED) is 0.547. The lowest BCUT2D eigenvalue weighted by molar-refractivity contribution is -0.119. The van der Waals surface area contributed by atoms with Gasteiger partial charge in [0.2, 0.25) is 0 Å². The van der Waals surface area contributed by atoms with E-state index in [0.29, 0.717) is 23.5 Å². The molecular weight excluding hydrogens is 272 g/mol. The molecule has 4 aliphatic carbocycles. The molecule has 0 saturated heterocycles. The Bertz CT molecular complexity index is 595. The van der Waals surface area contributed by atoms with Crippen LogP contribution in [0, 0.1) is 35.5 Å². The van der Waals surface area contributed by atoms with Crippen LogP contribution in [0.25, 0.3) is 0 Å². The van der Waals surface area contributed by atoms with Crippen molar-refractivity contribution >= 4 is 5.78 Å². The Kier molecular flexibility index (Phi) is 3.11. The summed E-state index contributed by atoms with van der Waals surface area (Å²) in [4.78, 5) is 11.7. The molecule has 2 saturated carbocycles. The second kappa shape index (κ2) is 4.71. The Morgan fingerprint density at radius 2 is 2.00 bits per heavy atom. The van der Waals surface area contributed by atoms with Gasteiger partial charge in [-0.05, 0) is 62.7 Å². The molecule has 5 atom stereocenters. The molecule has 0 unspecified atom stereocenters. The van der Waals surface area contributed by atoms with Gasteiger partial charge < -0.3 is 5.11 Å². The number of carbonyl (C=O) groups is 1. The van der Waals surface area contributed by atoms with Crippen LogP contribution >= 0.6 is 0 Å². The molecule has 22 heavy (non-hydrogen) atoms. The first kappa shape index (κ1) is 14.5. The molecule has 2 nitrogen and oxygen atoms in total. The molecule has 0 heterocycles. The van der Waals surface area contributed by atoms with Crippen LogP contribution in [0.2, 0.25) is 0 Å². The van der Waals surface area contributed by atoms with Crippen LogP contribution in [0.3, 0.4) is 0 Å². The van der Waals surface area contributed by atoms with Gasteiger partial charge in [0.15, 0.2) is 0 Å². The van der Waals surface area contributed by atoms with Gasteiger partial charge >= 0.3 is 0 Å². The van der Waals surface area contributed by atoms with Gasteiger partial charge in [-0.15, -0.1) is 6.42 Å². The highest BCUT2D eigenvalue weighted by Gasteiger charge is 2.61. The summed E-state index contributed by atoms with van der Waals surface area (Å²) < 4.78 is 0. The summed E-state index contributed by atoms with van der Waals surface area (Å²) in [5.74, 6) is 5.06. The van der Waals surface area contributed by atoms with E-state index in [1.807, 2.05) is 0 Å². The normalized spacial score (nSPS) is 47.5. The summed E-state index contributed by atoms with van der Waals surface area (Å²) >= 11 is 0. The number of hydrogen-bond donors (Lipinski definition) is 1. The van der Waals surface area contributed by atoms with Crippen LogP contribution in [0.1, 0.15) is 64.7 Å². The number of hydrogen-bond acceptors (Lipinski definition) is 2. The molecule has 0 amide bonds. The third kappa shape index (κ3) is 1.75. The van der Waals surface area contributed by atoms with E-state index in [1.54, 1.807) is 5.57 Å². The Morgan fingerprint density at radius 3 is 2.77 bits per heavy atom. The first-order valence-electron chi connectivity index (χ1n) is 8.91. The zero-order chi connectivity index (χ0) is 15.5. The van der Waals surface area contributed by atoms with Gasteiger partial charge in [0.25, 0.3) is 0 Å². The third-order valence-electron chi connectivity index (χ3n) is 7.59. The van der Waals surface area contributed by atoms with E-state index in [4.69, 9.17) is 6.42 Å². The molecule has 0 aromatic heterocycles. The van der Waals surface area contributed by atoms with Gasteiger partial charge in [-0.2, -0.15) is 0 Å². The number of allylic oxidation sites excluding steroid dienone is 2. The predicted octanol–water partition coefficient (Wildman–Crippen LogP) is 3.64. The maximum atomic E-state index is 11.7. The van der Waals surface area contributed by atoms with Crippen molar-refractivity contribution in [3.8, 4) is 12.3 Å². The molecule has 1 N–H and O–H groups in total. The van der Waals surface area contributed by atoms with Gasteiger partial charge in [-0.3, -0.25) is 4.79 Å². The Balaban J connectivity index is 1.67. The molecule has 0 aliphatic heterocycles. The molecule has 0 bridgehead atoms.